The zero-order valence-electron chi connectivity index (χ0n) is 12.0. The minimum absolute atomic E-state index is 0.0787. The molecule has 0 aliphatic carbocycles. The Labute approximate surface area is 129 Å². The van der Waals surface area contributed by atoms with Crippen LogP contribution in [0.15, 0.2) is 52.0 Å². The van der Waals surface area contributed by atoms with Crippen molar-refractivity contribution in [1.82, 2.24) is 5.32 Å². The van der Waals surface area contributed by atoms with E-state index in [1.807, 2.05) is 43.3 Å². The number of furan rings is 1. The fourth-order valence-electron chi connectivity index (χ4n) is 1.82. The van der Waals surface area contributed by atoms with Gasteiger partial charge in [-0.1, -0.05) is 18.2 Å². The van der Waals surface area contributed by atoms with Crippen LogP contribution in [-0.4, -0.2) is 18.5 Å². The van der Waals surface area contributed by atoms with E-state index in [0.717, 1.165) is 12.0 Å². The molecule has 0 aliphatic rings. The molecule has 0 bridgehead atoms. The van der Waals surface area contributed by atoms with Crippen molar-refractivity contribution in [2.45, 2.75) is 30.0 Å². The van der Waals surface area contributed by atoms with Crippen LogP contribution in [0.4, 0.5) is 0 Å². The fourth-order valence-corrected chi connectivity index (χ4v) is 2.72. The maximum atomic E-state index is 12.1. The smallest absolute Gasteiger partial charge is 0.287 e. The van der Waals surface area contributed by atoms with Gasteiger partial charge in [-0.2, -0.15) is 0 Å². The van der Waals surface area contributed by atoms with E-state index in [1.165, 1.54) is 4.90 Å². The SMILES string of the molecule is CC(N)CCNC(=O)c1occc1CSc1ccccc1. The number of nitrogens with two attached hydrogens (primary N) is 1. The number of rotatable bonds is 7. The van der Waals surface area contributed by atoms with Gasteiger partial charge in [0.05, 0.1) is 6.26 Å². The summed E-state index contributed by atoms with van der Waals surface area (Å²) in [5, 5.41) is 2.83. The van der Waals surface area contributed by atoms with E-state index < -0.39 is 0 Å². The zero-order valence-corrected chi connectivity index (χ0v) is 12.9. The molecule has 1 aromatic heterocycles. The lowest BCUT2D eigenvalue weighted by molar-refractivity contribution is 0.0924. The summed E-state index contributed by atoms with van der Waals surface area (Å²) >= 11 is 1.68. The van der Waals surface area contributed by atoms with Gasteiger partial charge in [-0.05, 0) is 31.5 Å². The van der Waals surface area contributed by atoms with Gasteiger partial charge in [0.1, 0.15) is 0 Å². The minimum Gasteiger partial charge on any atom is -0.459 e. The van der Waals surface area contributed by atoms with Crippen LogP contribution in [0.5, 0.6) is 0 Å². The van der Waals surface area contributed by atoms with Crippen molar-refractivity contribution in [2.75, 3.05) is 6.54 Å². The van der Waals surface area contributed by atoms with E-state index >= 15 is 0 Å². The Kier molecular flexibility index (Phi) is 5.90. The van der Waals surface area contributed by atoms with Gasteiger partial charge < -0.3 is 15.5 Å². The molecule has 0 saturated carbocycles. The number of nitrogens with one attached hydrogen (secondary N) is 1. The first-order chi connectivity index (χ1) is 10.2. The summed E-state index contributed by atoms with van der Waals surface area (Å²) in [6.45, 7) is 2.48. The first-order valence-electron chi connectivity index (χ1n) is 6.95. The molecule has 2 rings (SSSR count). The first kappa shape index (κ1) is 15.7. The van der Waals surface area contributed by atoms with E-state index in [1.54, 1.807) is 18.0 Å². The number of hydrogen-bond donors (Lipinski definition) is 2. The van der Waals surface area contributed by atoms with E-state index in [2.05, 4.69) is 5.32 Å². The number of carbonyl (C=O) groups is 1. The third-order valence-electron chi connectivity index (χ3n) is 2.98. The van der Waals surface area contributed by atoms with Gasteiger partial charge in [-0.3, -0.25) is 4.79 Å². The third kappa shape index (κ3) is 4.95. The molecular weight excluding hydrogens is 284 g/mol. The van der Waals surface area contributed by atoms with Crippen molar-refractivity contribution in [2.24, 2.45) is 5.73 Å². The molecule has 0 radical (unpaired) electrons. The van der Waals surface area contributed by atoms with Crippen LogP contribution < -0.4 is 11.1 Å². The second-order valence-electron chi connectivity index (χ2n) is 4.90. The monoisotopic (exact) mass is 304 g/mol. The average Bonchev–Trinajstić information content (AvgIpc) is 2.94. The molecule has 5 heteroatoms. The van der Waals surface area contributed by atoms with Crippen LogP contribution in [0.25, 0.3) is 0 Å². The van der Waals surface area contributed by atoms with Crippen molar-refractivity contribution in [3.8, 4) is 0 Å². The van der Waals surface area contributed by atoms with Gasteiger partial charge in [-0.25, -0.2) is 0 Å². The summed E-state index contributed by atoms with van der Waals surface area (Å²) in [5.74, 6) is 0.920. The highest BCUT2D eigenvalue weighted by molar-refractivity contribution is 7.98. The Morgan fingerprint density at radius 1 is 1.33 bits per heavy atom. The average molecular weight is 304 g/mol. The molecule has 1 unspecified atom stereocenters. The number of carbonyl (C=O) groups excluding carboxylic acids is 1. The van der Waals surface area contributed by atoms with Crippen molar-refractivity contribution in [1.29, 1.82) is 0 Å². The molecule has 2 aromatic rings. The Morgan fingerprint density at radius 2 is 2.10 bits per heavy atom. The molecular formula is C16H20N2O2S. The Morgan fingerprint density at radius 3 is 2.81 bits per heavy atom. The molecule has 0 saturated heterocycles. The molecule has 4 nitrogen and oxygen atoms in total. The summed E-state index contributed by atoms with van der Waals surface area (Å²) in [7, 11) is 0. The largest absolute Gasteiger partial charge is 0.459 e. The van der Waals surface area contributed by atoms with Gasteiger partial charge in [-0.15, -0.1) is 11.8 Å². The number of benzene rings is 1. The first-order valence-corrected chi connectivity index (χ1v) is 7.93. The van der Waals surface area contributed by atoms with Crippen molar-refractivity contribution in [3.05, 3.63) is 54.0 Å². The van der Waals surface area contributed by atoms with Gasteiger partial charge in [0.15, 0.2) is 5.76 Å². The Balaban J connectivity index is 1.90. The summed E-state index contributed by atoms with van der Waals surface area (Å²) in [6, 6.07) is 12.0. The lowest BCUT2D eigenvalue weighted by Gasteiger charge is -2.07. The molecule has 0 aliphatic heterocycles. The summed E-state index contributed by atoms with van der Waals surface area (Å²) < 4.78 is 5.32. The fraction of sp³-hybridized carbons (Fsp3) is 0.312. The normalized spacial score (nSPS) is 12.1. The highest BCUT2D eigenvalue weighted by Gasteiger charge is 2.15. The zero-order chi connectivity index (χ0) is 15.1. The molecule has 1 aromatic carbocycles. The summed E-state index contributed by atoms with van der Waals surface area (Å²) in [5.41, 5.74) is 6.57. The van der Waals surface area contributed by atoms with Crippen LogP contribution in [0.3, 0.4) is 0 Å². The molecule has 21 heavy (non-hydrogen) atoms. The molecule has 0 fully saturated rings. The standard InChI is InChI=1S/C16H20N2O2S/c1-12(17)7-9-18-16(19)15-13(8-10-20-15)11-21-14-5-3-2-4-6-14/h2-6,8,10,12H,7,9,11,17H2,1H3,(H,18,19). The molecule has 1 amide bonds. The quantitative estimate of drug-likeness (QED) is 0.772. The van der Waals surface area contributed by atoms with E-state index in [-0.39, 0.29) is 11.9 Å². The molecule has 112 valence electrons. The van der Waals surface area contributed by atoms with E-state index in [0.29, 0.717) is 18.1 Å². The van der Waals surface area contributed by atoms with Gasteiger partial charge >= 0.3 is 0 Å². The highest BCUT2D eigenvalue weighted by atomic mass is 32.2. The predicted octanol–water partition coefficient (Wildman–Crippen LogP) is 3.04. The van der Waals surface area contributed by atoms with Gasteiger partial charge in [0.2, 0.25) is 0 Å². The van der Waals surface area contributed by atoms with Gasteiger partial charge in [0.25, 0.3) is 5.91 Å². The second-order valence-corrected chi connectivity index (χ2v) is 5.95. The highest BCUT2D eigenvalue weighted by Crippen LogP contribution is 2.24. The van der Waals surface area contributed by atoms with Crippen LogP contribution >= 0.6 is 11.8 Å². The Hall–Kier alpha value is -1.72. The van der Waals surface area contributed by atoms with Crippen LogP contribution in [0.2, 0.25) is 0 Å². The predicted molar refractivity (Wildman–Crippen MR) is 85.3 cm³/mol. The lowest BCUT2D eigenvalue weighted by atomic mass is 10.2. The summed E-state index contributed by atoms with van der Waals surface area (Å²) in [4.78, 5) is 13.2. The van der Waals surface area contributed by atoms with E-state index in [4.69, 9.17) is 10.2 Å². The van der Waals surface area contributed by atoms with Crippen LogP contribution in [0.1, 0.15) is 29.5 Å². The molecule has 1 heterocycles. The molecule has 1 atom stereocenters. The van der Waals surface area contributed by atoms with Crippen molar-refractivity contribution < 1.29 is 9.21 Å². The second kappa shape index (κ2) is 7.90. The third-order valence-corrected chi connectivity index (χ3v) is 4.04. The number of hydrogen-bond acceptors (Lipinski definition) is 4. The minimum atomic E-state index is -0.177. The lowest BCUT2D eigenvalue weighted by Crippen LogP contribution is -2.29. The van der Waals surface area contributed by atoms with Gasteiger partial charge in [0, 0.05) is 28.8 Å². The summed E-state index contributed by atoms with van der Waals surface area (Å²) in [6.07, 6.45) is 2.31. The van der Waals surface area contributed by atoms with Crippen molar-refractivity contribution in [3.63, 3.8) is 0 Å². The Bertz CT molecular complexity index is 567. The number of amides is 1. The molecule has 0 spiro atoms. The maximum Gasteiger partial charge on any atom is 0.287 e. The topological polar surface area (TPSA) is 68.3 Å². The van der Waals surface area contributed by atoms with Crippen LogP contribution in [0, 0.1) is 0 Å². The van der Waals surface area contributed by atoms with Crippen LogP contribution in [-0.2, 0) is 5.75 Å². The van der Waals surface area contributed by atoms with E-state index in [9.17, 15) is 4.79 Å². The number of thioether (sulfide) groups is 1. The van der Waals surface area contributed by atoms with Crippen molar-refractivity contribution >= 4 is 17.7 Å². The maximum absolute atomic E-state index is 12.1. The molecule has 3 N–H and O–H groups in total.